The fourth-order valence-corrected chi connectivity index (χ4v) is 3.76. The molecule has 1 atom stereocenters. The average molecular weight is 375 g/mol. The normalized spacial score (nSPS) is 17.8. The Hall–Kier alpha value is -3.67. The van der Waals surface area contributed by atoms with Gasteiger partial charge in [0.1, 0.15) is 5.75 Å². The van der Waals surface area contributed by atoms with E-state index in [0.29, 0.717) is 34.2 Å². The van der Waals surface area contributed by atoms with Crippen LogP contribution < -0.4 is 0 Å². The molecular weight excluding hydrogens is 358 g/mol. The van der Waals surface area contributed by atoms with Crippen molar-refractivity contribution in [1.82, 2.24) is 0 Å². The van der Waals surface area contributed by atoms with Gasteiger partial charge in [-0.3, -0.25) is 10.1 Å². The van der Waals surface area contributed by atoms with E-state index in [4.69, 9.17) is 4.74 Å². The van der Waals surface area contributed by atoms with E-state index < -0.39 is 16.5 Å². The Labute approximate surface area is 161 Å². The van der Waals surface area contributed by atoms with Crippen LogP contribution in [0.25, 0.3) is 0 Å². The lowest BCUT2D eigenvalue weighted by Crippen LogP contribution is -2.29. The number of benzene rings is 3. The highest BCUT2D eigenvalue weighted by Gasteiger charge is 2.49. The van der Waals surface area contributed by atoms with Crippen molar-refractivity contribution < 1.29 is 19.6 Å². The number of nitro groups is 1. The van der Waals surface area contributed by atoms with E-state index in [9.17, 15) is 20.0 Å². The molecule has 28 heavy (non-hydrogen) atoms. The minimum Gasteiger partial charge on any atom is -0.508 e. The van der Waals surface area contributed by atoms with Crippen LogP contribution in [0.4, 0.5) is 5.69 Å². The Kier molecular flexibility index (Phi) is 4.11. The first-order chi connectivity index (χ1) is 13.5. The predicted molar refractivity (Wildman–Crippen MR) is 102 cm³/mol. The number of esters is 1. The molecular formula is C22H17NO5. The van der Waals surface area contributed by atoms with Crippen molar-refractivity contribution in [2.75, 3.05) is 0 Å². The van der Waals surface area contributed by atoms with Crippen LogP contribution in [0.3, 0.4) is 0 Å². The van der Waals surface area contributed by atoms with Gasteiger partial charge in [-0.05, 0) is 24.6 Å². The summed E-state index contributed by atoms with van der Waals surface area (Å²) < 4.78 is 5.90. The van der Waals surface area contributed by atoms with E-state index in [1.807, 2.05) is 6.92 Å². The maximum absolute atomic E-state index is 12.6. The van der Waals surface area contributed by atoms with E-state index in [-0.39, 0.29) is 11.4 Å². The van der Waals surface area contributed by atoms with E-state index >= 15 is 0 Å². The summed E-state index contributed by atoms with van der Waals surface area (Å²) >= 11 is 0. The number of nitro benzene ring substituents is 1. The minimum atomic E-state index is -1.32. The number of carbonyl (C=O) groups is 1. The van der Waals surface area contributed by atoms with Crippen molar-refractivity contribution in [3.8, 4) is 5.75 Å². The van der Waals surface area contributed by atoms with Crippen molar-refractivity contribution in [1.29, 1.82) is 0 Å². The van der Waals surface area contributed by atoms with Crippen LogP contribution in [-0.4, -0.2) is 16.0 Å². The smallest absolute Gasteiger partial charge is 0.340 e. The van der Waals surface area contributed by atoms with Gasteiger partial charge in [0.25, 0.3) is 5.69 Å². The van der Waals surface area contributed by atoms with Crippen molar-refractivity contribution in [2.45, 2.75) is 18.9 Å². The van der Waals surface area contributed by atoms with Gasteiger partial charge in [0, 0.05) is 28.3 Å². The number of aromatic hydroxyl groups is 1. The van der Waals surface area contributed by atoms with Crippen molar-refractivity contribution in [3.63, 3.8) is 0 Å². The quantitative estimate of drug-likeness (QED) is 0.417. The minimum absolute atomic E-state index is 0.0152. The van der Waals surface area contributed by atoms with E-state index in [1.54, 1.807) is 48.5 Å². The molecule has 0 bridgehead atoms. The topological polar surface area (TPSA) is 89.7 Å². The lowest BCUT2D eigenvalue weighted by Gasteiger charge is -2.30. The molecule has 0 saturated carbocycles. The molecule has 0 radical (unpaired) electrons. The van der Waals surface area contributed by atoms with E-state index in [1.165, 1.54) is 18.2 Å². The number of carbonyl (C=O) groups excluding carboxylic acids is 1. The van der Waals surface area contributed by atoms with Crippen molar-refractivity contribution in [2.24, 2.45) is 0 Å². The molecule has 0 saturated heterocycles. The Morgan fingerprint density at radius 3 is 2.39 bits per heavy atom. The number of nitrogens with zero attached hydrogens (tertiary/aromatic N) is 1. The van der Waals surface area contributed by atoms with Crippen LogP contribution in [0.5, 0.6) is 5.75 Å². The molecule has 1 aliphatic rings. The molecule has 0 fully saturated rings. The molecule has 1 unspecified atom stereocenters. The number of fused-ring (bicyclic) bond motifs is 1. The Morgan fingerprint density at radius 2 is 1.71 bits per heavy atom. The Morgan fingerprint density at radius 1 is 1.04 bits per heavy atom. The van der Waals surface area contributed by atoms with Crippen LogP contribution in [0.2, 0.25) is 0 Å². The van der Waals surface area contributed by atoms with Gasteiger partial charge in [0.15, 0.2) is 5.60 Å². The maximum Gasteiger partial charge on any atom is 0.340 e. The number of cyclic esters (lactones) is 1. The summed E-state index contributed by atoms with van der Waals surface area (Å²) in [6, 6.07) is 18.2. The molecule has 3 aromatic carbocycles. The van der Waals surface area contributed by atoms with Gasteiger partial charge in [0.2, 0.25) is 0 Å². The second-order valence-corrected chi connectivity index (χ2v) is 6.62. The zero-order valence-corrected chi connectivity index (χ0v) is 15.1. The number of aryl methyl sites for hydroxylation is 1. The average Bonchev–Trinajstić information content (AvgIpc) is 3.02. The summed E-state index contributed by atoms with van der Waals surface area (Å²) in [4.78, 5) is 23.8. The Balaban J connectivity index is 2.04. The number of hydrogen-bond donors (Lipinski definition) is 1. The second kappa shape index (κ2) is 6.49. The number of hydrogen-bond acceptors (Lipinski definition) is 5. The number of ether oxygens (including phenoxy) is 1. The molecule has 1 aliphatic heterocycles. The molecule has 0 amide bonds. The van der Waals surface area contributed by atoms with E-state index in [2.05, 4.69) is 0 Å². The fourth-order valence-electron chi connectivity index (χ4n) is 3.76. The van der Waals surface area contributed by atoms with Gasteiger partial charge in [0.05, 0.1) is 10.5 Å². The number of phenols is 1. The first-order valence-electron chi connectivity index (χ1n) is 8.87. The SMILES string of the molecule is CCc1ccc(C2(c3ccc(O)cc3)OC(=O)c3ccccc32)cc1[N+](=O)[O-]. The van der Waals surface area contributed by atoms with Gasteiger partial charge < -0.3 is 9.84 Å². The van der Waals surface area contributed by atoms with Gasteiger partial charge in [-0.15, -0.1) is 0 Å². The molecule has 1 N–H and O–H groups in total. The standard InChI is InChI=1S/C22H17NO5/c1-2-14-7-8-16(13-20(14)23(26)27)22(15-9-11-17(24)12-10-15)19-6-4-3-5-18(19)21(25)28-22/h3-13,24H,2H2,1H3. The lowest BCUT2D eigenvalue weighted by molar-refractivity contribution is -0.385. The third kappa shape index (κ3) is 2.53. The van der Waals surface area contributed by atoms with Gasteiger partial charge in [-0.25, -0.2) is 4.79 Å². The van der Waals surface area contributed by atoms with Crippen LogP contribution in [0.1, 0.15) is 39.5 Å². The molecule has 0 aromatic heterocycles. The van der Waals surface area contributed by atoms with Crippen LogP contribution in [0.15, 0.2) is 66.7 Å². The summed E-state index contributed by atoms with van der Waals surface area (Å²) in [7, 11) is 0. The number of rotatable bonds is 4. The predicted octanol–water partition coefficient (Wildman–Crippen LogP) is 4.33. The lowest BCUT2D eigenvalue weighted by atomic mass is 9.79. The van der Waals surface area contributed by atoms with Crippen LogP contribution in [0, 0.1) is 10.1 Å². The molecule has 3 aromatic rings. The van der Waals surface area contributed by atoms with Crippen molar-refractivity contribution in [3.05, 3.63) is 105 Å². The number of phenolic OH excluding ortho intramolecular Hbond substituents is 1. The van der Waals surface area contributed by atoms with Crippen LogP contribution >= 0.6 is 0 Å². The summed E-state index contributed by atoms with van der Waals surface area (Å²) in [5.74, 6) is -0.422. The first-order valence-corrected chi connectivity index (χ1v) is 8.87. The highest BCUT2D eigenvalue weighted by molar-refractivity contribution is 5.96. The molecule has 140 valence electrons. The summed E-state index contributed by atoms with van der Waals surface area (Å²) in [6.07, 6.45) is 0.513. The largest absolute Gasteiger partial charge is 0.508 e. The summed E-state index contributed by atoms with van der Waals surface area (Å²) in [5.41, 5.74) is 1.38. The highest BCUT2D eigenvalue weighted by atomic mass is 16.6. The van der Waals surface area contributed by atoms with E-state index in [0.717, 1.165) is 0 Å². The zero-order valence-electron chi connectivity index (χ0n) is 15.1. The molecule has 4 rings (SSSR count). The third-order valence-electron chi connectivity index (χ3n) is 5.12. The second-order valence-electron chi connectivity index (χ2n) is 6.62. The van der Waals surface area contributed by atoms with Crippen LogP contribution in [-0.2, 0) is 16.8 Å². The maximum atomic E-state index is 12.6. The summed E-state index contributed by atoms with van der Waals surface area (Å²) in [6.45, 7) is 1.85. The Bertz CT molecular complexity index is 1090. The molecule has 0 spiro atoms. The molecule has 1 heterocycles. The van der Waals surface area contributed by atoms with Crippen molar-refractivity contribution >= 4 is 11.7 Å². The highest BCUT2D eigenvalue weighted by Crippen LogP contribution is 2.48. The van der Waals surface area contributed by atoms with Gasteiger partial charge in [-0.1, -0.05) is 49.4 Å². The fraction of sp³-hybridized carbons (Fsp3) is 0.136. The molecule has 6 nitrogen and oxygen atoms in total. The monoisotopic (exact) mass is 375 g/mol. The zero-order chi connectivity index (χ0) is 19.9. The molecule has 0 aliphatic carbocycles. The van der Waals surface area contributed by atoms with Gasteiger partial charge in [-0.2, -0.15) is 0 Å². The third-order valence-corrected chi connectivity index (χ3v) is 5.12. The molecule has 6 heteroatoms. The summed E-state index contributed by atoms with van der Waals surface area (Å²) in [5, 5.41) is 21.3. The first kappa shape index (κ1) is 17.7. The van der Waals surface area contributed by atoms with Gasteiger partial charge >= 0.3 is 5.97 Å².